The van der Waals surface area contributed by atoms with Gasteiger partial charge >= 0.3 is 0 Å². The second-order valence-electron chi connectivity index (χ2n) is 13.7. The average molecular weight is 627 g/mol. The van der Waals surface area contributed by atoms with E-state index in [-0.39, 0.29) is 24.4 Å². The minimum absolute atomic E-state index is 0.216. The summed E-state index contributed by atoms with van der Waals surface area (Å²) in [4.78, 5) is 20.8. The fraction of sp³-hybridized carbons (Fsp3) is 0.944. The summed E-state index contributed by atoms with van der Waals surface area (Å²) in [5, 5.41) is 0. The molecule has 0 amide bonds. The number of rotatable bonds is 29. The summed E-state index contributed by atoms with van der Waals surface area (Å²) >= 11 is 0. The van der Waals surface area contributed by atoms with Gasteiger partial charge in [0.15, 0.2) is 11.6 Å². The molecule has 0 unspecified atom stereocenters. The van der Waals surface area contributed by atoms with E-state index in [1.54, 1.807) is 0 Å². The first kappa shape index (κ1) is 39.3. The van der Waals surface area contributed by atoms with Crippen LogP contribution in [0.5, 0.6) is 0 Å². The molecule has 2 saturated heterocycles. The lowest BCUT2D eigenvalue weighted by molar-refractivity contribution is -0.176. The fourth-order valence-corrected chi connectivity index (χ4v) is 6.18. The van der Waals surface area contributed by atoms with Crippen LogP contribution in [0.15, 0.2) is 0 Å². The van der Waals surface area contributed by atoms with Crippen LogP contribution in [0, 0.1) is 0 Å². The molecule has 2 aliphatic rings. The molecule has 0 radical (unpaired) electrons. The van der Waals surface area contributed by atoms with Crippen molar-refractivity contribution in [1.82, 2.24) is 0 Å². The van der Waals surface area contributed by atoms with Crippen LogP contribution >= 0.6 is 0 Å². The molecule has 2 fully saturated rings. The van der Waals surface area contributed by atoms with Gasteiger partial charge in [0.25, 0.3) is 0 Å². The van der Waals surface area contributed by atoms with Crippen LogP contribution in [-0.2, 0) is 38.0 Å². The normalized spacial score (nSPS) is 23.2. The summed E-state index contributed by atoms with van der Waals surface area (Å²) in [6.45, 7) is 10.1. The number of hydrogen-bond acceptors (Lipinski definition) is 8. The van der Waals surface area contributed by atoms with Crippen molar-refractivity contribution in [2.75, 3.05) is 26.4 Å². The van der Waals surface area contributed by atoms with Crippen LogP contribution in [0.25, 0.3) is 0 Å². The number of ether oxygens (including phenoxy) is 6. The van der Waals surface area contributed by atoms with E-state index < -0.39 is 11.6 Å². The van der Waals surface area contributed by atoms with Gasteiger partial charge in [0.05, 0.1) is 13.2 Å². The maximum Gasteiger partial charge on any atom is 0.164 e. The second kappa shape index (κ2) is 23.4. The summed E-state index contributed by atoms with van der Waals surface area (Å²) in [6.07, 6.45) is 23.8. The van der Waals surface area contributed by atoms with E-state index in [1.165, 1.54) is 83.5 Å². The lowest BCUT2D eigenvalue weighted by Crippen LogP contribution is -2.47. The zero-order valence-corrected chi connectivity index (χ0v) is 28.7. The van der Waals surface area contributed by atoms with Crippen molar-refractivity contribution in [3.63, 3.8) is 0 Å². The van der Waals surface area contributed by atoms with Crippen LogP contribution in [0.4, 0.5) is 0 Å². The number of hydrogen-bond donors (Lipinski definition) is 0. The van der Waals surface area contributed by atoms with Gasteiger partial charge in [0.2, 0.25) is 0 Å². The summed E-state index contributed by atoms with van der Waals surface area (Å²) in [6, 6.07) is 0. The van der Waals surface area contributed by atoms with Gasteiger partial charge in [-0.05, 0) is 53.4 Å². The molecule has 0 aromatic carbocycles. The Hall–Kier alpha value is -0.900. The minimum Gasteiger partial charge on any atom is -0.379 e. The predicted molar refractivity (Wildman–Crippen MR) is 174 cm³/mol. The molecule has 0 bridgehead atoms. The molecule has 0 saturated carbocycles. The molecule has 2 aliphatic heterocycles. The maximum atomic E-state index is 10.4. The first-order chi connectivity index (χ1) is 21.3. The van der Waals surface area contributed by atoms with E-state index in [1.807, 2.05) is 27.7 Å². The molecule has 0 aromatic heterocycles. The molecule has 8 nitrogen and oxygen atoms in total. The van der Waals surface area contributed by atoms with Gasteiger partial charge in [0, 0.05) is 26.1 Å². The Labute approximate surface area is 269 Å². The van der Waals surface area contributed by atoms with Crippen LogP contribution < -0.4 is 0 Å². The summed E-state index contributed by atoms with van der Waals surface area (Å²) < 4.78 is 37.5. The SMILES string of the molecule is CC1(C)O[C@H]([C@@H](COCCCCCCCCCCCC=O)OCCCCCCCCCCCC=O)[C@@H]([C@H]2COC(C)(C)O2)O1. The van der Waals surface area contributed by atoms with Crippen LogP contribution in [0.2, 0.25) is 0 Å². The Morgan fingerprint density at radius 2 is 1.09 bits per heavy atom. The van der Waals surface area contributed by atoms with Gasteiger partial charge < -0.3 is 38.0 Å². The number of carbonyl (C=O) groups excluding carboxylic acids is 2. The van der Waals surface area contributed by atoms with Crippen molar-refractivity contribution in [2.24, 2.45) is 0 Å². The van der Waals surface area contributed by atoms with Gasteiger partial charge in [-0.3, -0.25) is 0 Å². The molecule has 0 aliphatic carbocycles. The highest BCUT2D eigenvalue weighted by Crippen LogP contribution is 2.37. The fourth-order valence-electron chi connectivity index (χ4n) is 6.18. The number of aldehydes is 2. The predicted octanol–water partition coefficient (Wildman–Crippen LogP) is 8.26. The van der Waals surface area contributed by atoms with Gasteiger partial charge in [-0.1, -0.05) is 89.9 Å². The summed E-state index contributed by atoms with van der Waals surface area (Å²) in [5.41, 5.74) is 0. The van der Waals surface area contributed by atoms with Crippen LogP contribution in [-0.4, -0.2) is 75.0 Å². The van der Waals surface area contributed by atoms with Crippen LogP contribution in [0.1, 0.15) is 156 Å². The second-order valence-corrected chi connectivity index (χ2v) is 13.7. The third kappa shape index (κ3) is 17.7. The lowest BCUT2D eigenvalue weighted by atomic mass is 10.0. The van der Waals surface area contributed by atoms with E-state index in [9.17, 15) is 9.59 Å². The molecule has 2 rings (SSSR count). The third-order valence-electron chi connectivity index (χ3n) is 8.62. The molecule has 0 aromatic rings. The Bertz CT molecular complexity index is 727. The van der Waals surface area contributed by atoms with Crippen molar-refractivity contribution >= 4 is 12.6 Å². The summed E-state index contributed by atoms with van der Waals surface area (Å²) in [5.74, 6) is -1.36. The monoisotopic (exact) mass is 626 g/mol. The van der Waals surface area contributed by atoms with Crippen molar-refractivity contribution in [1.29, 1.82) is 0 Å². The van der Waals surface area contributed by atoms with E-state index in [0.717, 1.165) is 51.3 Å². The lowest BCUT2D eigenvalue weighted by Gasteiger charge is -2.29. The van der Waals surface area contributed by atoms with Gasteiger partial charge in [0.1, 0.15) is 37.0 Å². The number of carbonyl (C=O) groups is 2. The zero-order chi connectivity index (χ0) is 31.9. The zero-order valence-electron chi connectivity index (χ0n) is 28.7. The highest BCUT2D eigenvalue weighted by atomic mass is 16.8. The maximum absolute atomic E-state index is 10.4. The Morgan fingerprint density at radius 3 is 1.57 bits per heavy atom. The van der Waals surface area contributed by atoms with Crippen molar-refractivity contribution in [3.05, 3.63) is 0 Å². The highest BCUT2D eigenvalue weighted by molar-refractivity contribution is 5.49. The van der Waals surface area contributed by atoms with Gasteiger partial charge in [-0.25, -0.2) is 0 Å². The standard InChI is InChI=1S/C36H66O8/c1-35(2)41-30-32(42-35)34-33(43-36(3,4)44-34)31(40-28-24-20-16-12-8-6-10-14-18-22-26-38)29-39-27-23-19-15-11-7-5-9-13-17-21-25-37/h25-26,31-34H,5-24,27-30H2,1-4H3/t31-,32-,33-,34-/m1/s1. The Kier molecular flexibility index (Phi) is 20.9. The molecule has 8 heteroatoms. The van der Waals surface area contributed by atoms with Crippen LogP contribution in [0.3, 0.4) is 0 Å². The Balaban J connectivity index is 1.72. The van der Waals surface area contributed by atoms with Crippen molar-refractivity contribution in [2.45, 2.75) is 192 Å². The molecule has 0 N–H and O–H groups in total. The van der Waals surface area contributed by atoms with Crippen molar-refractivity contribution < 1.29 is 38.0 Å². The first-order valence-corrected chi connectivity index (χ1v) is 18.0. The molecule has 2 heterocycles. The first-order valence-electron chi connectivity index (χ1n) is 18.0. The number of unbranched alkanes of at least 4 members (excludes halogenated alkanes) is 18. The van der Waals surface area contributed by atoms with Gasteiger partial charge in [-0.15, -0.1) is 0 Å². The Morgan fingerprint density at radius 1 is 0.614 bits per heavy atom. The van der Waals surface area contributed by atoms with Gasteiger partial charge in [-0.2, -0.15) is 0 Å². The van der Waals surface area contributed by atoms with E-state index in [2.05, 4.69) is 0 Å². The van der Waals surface area contributed by atoms with E-state index >= 15 is 0 Å². The molecule has 4 atom stereocenters. The molecule has 0 spiro atoms. The van der Waals surface area contributed by atoms with E-state index in [0.29, 0.717) is 32.7 Å². The third-order valence-corrected chi connectivity index (χ3v) is 8.62. The molecule has 44 heavy (non-hydrogen) atoms. The largest absolute Gasteiger partial charge is 0.379 e. The topological polar surface area (TPSA) is 89.5 Å². The average Bonchev–Trinajstić information content (AvgIpc) is 3.52. The van der Waals surface area contributed by atoms with E-state index in [4.69, 9.17) is 28.4 Å². The van der Waals surface area contributed by atoms with Crippen molar-refractivity contribution in [3.8, 4) is 0 Å². The molecular weight excluding hydrogens is 560 g/mol. The molecular formula is C36H66O8. The minimum atomic E-state index is -0.727. The smallest absolute Gasteiger partial charge is 0.164 e. The quantitative estimate of drug-likeness (QED) is 0.0606. The highest BCUT2D eigenvalue weighted by Gasteiger charge is 2.52. The summed E-state index contributed by atoms with van der Waals surface area (Å²) in [7, 11) is 0. The molecule has 258 valence electrons.